The smallest absolute Gasteiger partial charge is 0.254 e. The Balaban J connectivity index is 1.53. The lowest BCUT2D eigenvalue weighted by Crippen LogP contribution is -2.59. The molecule has 0 spiro atoms. The topological polar surface area (TPSA) is 86.7 Å². The van der Waals surface area contributed by atoms with Gasteiger partial charge in [0.2, 0.25) is 5.91 Å². The van der Waals surface area contributed by atoms with Crippen LogP contribution in [0, 0.1) is 5.92 Å². The Morgan fingerprint density at radius 2 is 1.66 bits per heavy atom. The Bertz CT molecular complexity index is 1280. The molecule has 1 fully saturated rings. The van der Waals surface area contributed by atoms with Gasteiger partial charge in [-0.1, -0.05) is 77.8 Å². The second kappa shape index (κ2) is 11.4. The van der Waals surface area contributed by atoms with Crippen molar-refractivity contribution in [1.82, 2.24) is 10.2 Å². The van der Waals surface area contributed by atoms with Crippen molar-refractivity contribution in [3.63, 3.8) is 0 Å². The Labute approximate surface area is 232 Å². The summed E-state index contributed by atoms with van der Waals surface area (Å²) in [7, 11) is 0. The summed E-state index contributed by atoms with van der Waals surface area (Å²) in [5, 5.41) is 14.0. The number of halogens is 2. The van der Waals surface area contributed by atoms with Crippen molar-refractivity contribution in [3.8, 4) is 0 Å². The number of rotatable bonds is 6. The first-order chi connectivity index (χ1) is 18.3. The Morgan fingerprint density at radius 3 is 2.37 bits per heavy atom. The Hall–Kier alpha value is -2.93. The zero-order chi connectivity index (χ0) is 26.8. The summed E-state index contributed by atoms with van der Waals surface area (Å²) in [5.74, 6) is -1.74. The van der Waals surface area contributed by atoms with Crippen LogP contribution in [0.4, 0.5) is 0 Å². The average Bonchev–Trinajstić information content (AvgIpc) is 2.93. The molecule has 1 aliphatic heterocycles. The molecule has 0 bridgehead atoms. The van der Waals surface area contributed by atoms with E-state index in [4.69, 9.17) is 23.2 Å². The molecular weight excluding hydrogens is 523 g/mol. The molecule has 2 amide bonds. The van der Waals surface area contributed by atoms with Gasteiger partial charge in [-0.3, -0.25) is 14.4 Å². The lowest BCUT2D eigenvalue weighted by Gasteiger charge is -2.50. The number of allylic oxidation sites excluding steroid dienone is 3. The summed E-state index contributed by atoms with van der Waals surface area (Å²) in [6.07, 6.45) is 6.08. The van der Waals surface area contributed by atoms with Gasteiger partial charge in [0, 0.05) is 33.2 Å². The molecule has 3 atom stereocenters. The molecule has 38 heavy (non-hydrogen) atoms. The first kappa shape index (κ1) is 26.7. The van der Waals surface area contributed by atoms with Crippen LogP contribution in [0.1, 0.15) is 64.3 Å². The number of amides is 2. The number of benzene rings is 2. The largest absolute Gasteiger partial charge is 0.393 e. The molecule has 2 aromatic carbocycles. The predicted octanol–water partition coefficient (Wildman–Crippen LogP) is 5.16. The third-order valence-corrected chi connectivity index (χ3v) is 8.55. The van der Waals surface area contributed by atoms with E-state index in [2.05, 4.69) is 5.32 Å². The number of aliphatic hydroxyl groups excluding tert-OH is 1. The van der Waals surface area contributed by atoms with Gasteiger partial charge in [-0.2, -0.15) is 0 Å². The summed E-state index contributed by atoms with van der Waals surface area (Å²) < 4.78 is 0. The molecule has 8 heteroatoms. The van der Waals surface area contributed by atoms with Crippen LogP contribution in [0.25, 0.3) is 0 Å². The van der Waals surface area contributed by atoms with E-state index in [0.29, 0.717) is 58.9 Å². The number of Topliss-reactive ketones (excluding diaryl/α,β-unsaturated/α-hetero) is 1. The number of hydrogen-bond donors (Lipinski definition) is 2. The van der Waals surface area contributed by atoms with Crippen molar-refractivity contribution in [3.05, 3.63) is 93.5 Å². The van der Waals surface area contributed by atoms with E-state index in [1.54, 1.807) is 42.5 Å². The zero-order valence-electron chi connectivity index (χ0n) is 20.9. The first-order valence-electron chi connectivity index (χ1n) is 13.0. The van der Waals surface area contributed by atoms with Gasteiger partial charge in [0.05, 0.1) is 24.6 Å². The molecule has 2 N–H and O–H groups in total. The normalized spacial score (nSPS) is 27.2. The third kappa shape index (κ3) is 5.31. The highest BCUT2D eigenvalue weighted by Crippen LogP contribution is 2.45. The number of carbonyl (C=O) groups excluding carboxylic acids is 3. The zero-order valence-corrected chi connectivity index (χ0v) is 22.4. The molecule has 1 unspecified atom stereocenters. The maximum absolute atomic E-state index is 14.0. The molecule has 2 aliphatic carbocycles. The quantitative estimate of drug-likeness (QED) is 0.484. The van der Waals surface area contributed by atoms with Crippen molar-refractivity contribution < 1.29 is 19.5 Å². The highest BCUT2D eigenvalue weighted by Gasteiger charge is 2.50. The first-order valence-corrected chi connectivity index (χ1v) is 13.8. The SMILES string of the molecule is O=C(CNC(=O)[C@@H]1c2ccccc2C(=O)N(C2CCC(O)CC2)[C@H]1C1CC=C(Cl)C=C1Cl)c1ccccc1. The molecule has 0 aromatic heterocycles. The van der Waals surface area contributed by atoms with Gasteiger partial charge in [0.25, 0.3) is 5.91 Å². The minimum atomic E-state index is -0.739. The van der Waals surface area contributed by atoms with Crippen LogP contribution < -0.4 is 5.32 Å². The molecule has 6 nitrogen and oxygen atoms in total. The van der Waals surface area contributed by atoms with Crippen molar-refractivity contribution in [2.45, 2.75) is 56.2 Å². The summed E-state index contributed by atoms with van der Waals surface area (Å²) in [6, 6.07) is 15.3. The van der Waals surface area contributed by atoms with E-state index < -0.39 is 12.0 Å². The van der Waals surface area contributed by atoms with Crippen LogP contribution in [0.15, 0.2) is 76.8 Å². The summed E-state index contributed by atoms with van der Waals surface area (Å²) in [6.45, 7) is -0.155. The minimum Gasteiger partial charge on any atom is -0.393 e. The summed E-state index contributed by atoms with van der Waals surface area (Å²) >= 11 is 13.0. The van der Waals surface area contributed by atoms with Gasteiger partial charge in [-0.25, -0.2) is 0 Å². The second-order valence-electron chi connectivity index (χ2n) is 10.2. The molecule has 198 valence electrons. The van der Waals surface area contributed by atoms with Gasteiger partial charge in [0.15, 0.2) is 5.78 Å². The van der Waals surface area contributed by atoms with Crippen molar-refractivity contribution >= 4 is 40.8 Å². The van der Waals surface area contributed by atoms with E-state index >= 15 is 0 Å². The van der Waals surface area contributed by atoms with E-state index in [0.717, 1.165) is 0 Å². The highest BCUT2D eigenvalue weighted by atomic mass is 35.5. The van der Waals surface area contributed by atoms with E-state index in [1.807, 2.05) is 29.2 Å². The maximum Gasteiger partial charge on any atom is 0.254 e. The Kier molecular flexibility index (Phi) is 8.03. The number of carbonyl (C=O) groups is 3. The van der Waals surface area contributed by atoms with Crippen LogP contribution in [0.3, 0.4) is 0 Å². The molecule has 5 rings (SSSR count). The molecule has 3 aliphatic rings. The average molecular weight is 553 g/mol. The van der Waals surface area contributed by atoms with Crippen LogP contribution in [-0.2, 0) is 4.79 Å². The van der Waals surface area contributed by atoms with Gasteiger partial charge < -0.3 is 15.3 Å². The number of ketones is 1. The number of hydrogen-bond acceptors (Lipinski definition) is 4. The second-order valence-corrected chi connectivity index (χ2v) is 11.1. The lowest BCUT2D eigenvalue weighted by atomic mass is 9.73. The maximum atomic E-state index is 14.0. The van der Waals surface area contributed by atoms with E-state index in [9.17, 15) is 19.5 Å². The van der Waals surface area contributed by atoms with E-state index in [-0.39, 0.29) is 42.2 Å². The molecule has 0 radical (unpaired) electrons. The van der Waals surface area contributed by atoms with Gasteiger partial charge >= 0.3 is 0 Å². The van der Waals surface area contributed by atoms with Crippen LogP contribution in [-0.4, -0.2) is 52.3 Å². The molecule has 1 saturated carbocycles. The van der Waals surface area contributed by atoms with Crippen molar-refractivity contribution in [2.24, 2.45) is 5.92 Å². The number of aliphatic hydroxyl groups is 1. The Morgan fingerprint density at radius 1 is 0.974 bits per heavy atom. The van der Waals surface area contributed by atoms with Crippen molar-refractivity contribution in [1.29, 1.82) is 0 Å². The monoisotopic (exact) mass is 552 g/mol. The van der Waals surface area contributed by atoms with Crippen LogP contribution >= 0.6 is 23.2 Å². The lowest BCUT2D eigenvalue weighted by molar-refractivity contribution is -0.124. The number of fused-ring (bicyclic) bond motifs is 1. The fraction of sp³-hybridized carbons (Fsp3) is 0.367. The van der Waals surface area contributed by atoms with E-state index in [1.165, 1.54) is 0 Å². The van der Waals surface area contributed by atoms with Crippen LogP contribution in [0.2, 0.25) is 0 Å². The fourth-order valence-corrected chi connectivity index (χ4v) is 6.60. The summed E-state index contributed by atoms with van der Waals surface area (Å²) in [5.41, 5.74) is 1.63. The number of nitrogens with zero attached hydrogens (tertiary/aromatic N) is 1. The number of nitrogens with one attached hydrogen (secondary N) is 1. The third-order valence-electron chi connectivity index (χ3n) is 7.89. The van der Waals surface area contributed by atoms with Crippen LogP contribution in [0.5, 0.6) is 0 Å². The fourth-order valence-electron chi connectivity index (χ4n) is 6.01. The standard InChI is InChI=1S/C30H30Cl2N2O4/c31-19-10-15-24(25(32)16-19)28-27(29(37)33-17-26(36)18-6-2-1-3-7-18)22-8-4-5-9-23(22)30(38)34(28)20-11-13-21(35)14-12-20/h1-10,16,20-21,24,27-28,35H,11-15,17H2,(H,33,37)/t20?,21?,24?,27-,28+/m1/s1. The van der Waals surface area contributed by atoms with Gasteiger partial charge in [-0.15, -0.1) is 0 Å². The van der Waals surface area contributed by atoms with Gasteiger partial charge in [-0.05, 0) is 49.8 Å². The van der Waals surface area contributed by atoms with Crippen molar-refractivity contribution in [2.75, 3.05) is 6.54 Å². The highest BCUT2D eigenvalue weighted by molar-refractivity contribution is 6.35. The molecule has 1 heterocycles. The summed E-state index contributed by atoms with van der Waals surface area (Å²) in [4.78, 5) is 42.6. The molecular formula is C30H30Cl2N2O4. The molecule has 0 saturated heterocycles. The molecule has 2 aromatic rings. The minimum absolute atomic E-state index is 0.137. The predicted molar refractivity (Wildman–Crippen MR) is 147 cm³/mol. The van der Waals surface area contributed by atoms with Gasteiger partial charge in [0.1, 0.15) is 0 Å².